The minimum atomic E-state index is -0.486. The maximum absolute atomic E-state index is 11.4. The summed E-state index contributed by atoms with van der Waals surface area (Å²) in [4.78, 5) is 26.1. The highest BCUT2D eigenvalue weighted by atomic mass is 127. The highest BCUT2D eigenvalue weighted by Crippen LogP contribution is 2.20. The van der Waals surface area contributed by atoms with Crippen LogP contribution in [0.25, 0.3) is 0 Å². The first-order chi connectivity index (χ1) is 7.54. The highest BCUT2D eigenvalue weighted by molar-refractivity contribution is 14.1. The Bertz CT molecular complexity index is 419. The van der Waals surface area contributed by atoms with Crippen molar-refractivity contribution in [3.8, 4) is 5.75 Å². The third-order valence-corrected chi connectivity index (χ3v) is 2.38. The molecule has 0 N–H and O–H groups in total. The number of rotatable bonds is 3. The number of aromatic nitrogens is 1. The molecule has 5 nitrogen and oxygen atoms in total. The van der Waals surface area contributed by atoms with Gasteiger partial charge in [-0.2, -0.15) is 0 Å². The Labute approximate surface area is 106 Å². The summed E-state index contributed by atoms with van der Waals surface area (Å²) in [6.07, 6.45) is 1.38. The Balaban J connectivity index is 2.97. The van der Waals surface area contributed by atoms with Gasteiger partial charge in [0.05, 0.1) is 12.2 Å². The summed E-state index contributed by atoms with van der Waals surface area (Å²) < 4.78 is 10.2. The molecule has 0 atom stereocenters. The van der Waals surface area contributed by atoms with E-state index in [-0.39, 0.29) is 17.9 Å². The number of halogens is 1. The van der Waals surface area contributed by atoms with Crippen LogP contribution in [0.5, 0.6) is 5.75 Å². The molecule has 0 radical (unpaired) electrons. The predicted octanol–water partition coefficient (Wildman–Crippen LogP) is 1.79. The third kappa shape index (κ3) is 3.44. The number of carbonyl (C=O) groups excluding carboxylic acids is 2. The number of carbonyl (C=O) groups is 2. The van der Waals surface area contributed by atoms with Crippen LogP contribution in [0.2, 0.25) is 0 Å². The highest BCUT2D eigenvalue weighted by Gasteiger charge is 2.12. The van der Waals surface area contributed by atoms with Gasteiger partial charge in [0, 0.05) is 13.1 Å². The van der Waals surface area contributed by atoms with E-state index in [1.165, 1.54) is 19.2 Å². The van der Waals surface area contributed by atoms with Crippen LogP contribution < -0.4 is 4.74 Å². The summed E-state index contributed by atoms with van der Waals surface area (Å²) in [7, 11) is 0. The van der Waals surface area contributed by atoms with Crippen molar-refractivity contribution in [1.29, 1.82) is 0 Å². The van der Waals surface area contributed by atoms with Gasteiger partial charge in [-0.3, -0.25) is 4.79 Å². The summed E-state index contributed by atoms with van der Waals surface area (Å²) in [6.45, 7) is 3.28. The molecule has 1 rings (SSSR count). The predicted molar refractivity (Wildman–Crippen MR) is 64.2 cm³/mol. The lowest BCUT2D eigenvalue weighted by Crippen LogP contribution is -2.08. The van der Waals surface area contributed by atoms with Crippen molar-refractivity contribution in [3.63, 3.8) is 0 Å². The summed E-state index contributed by atoms with van der Waals surface area (Å²) in [5.74, 6) is -0.681. The molecule has 0 aliphatic carbocycles. The number of nitrogens with zero attached hydrogens (tertiary/aromatic N) is 1. The molecule has 0 spiro atoms. The second-order valence-electron chi connectivity index (χ2n) is 2.83. The molecule has 0 saturated carbocycles. The molecule has 0 amide bonds. The average Bonchev–Trinajstić information content (AvgIpc) is 2.21. The molecule has 1 aromatic heterocycles. The van der Waals surface area contributed by atoms with Crippen molar-refractivity contribution >= 4 is 34.5 Å². The van der Waals surface area contributed by atoms with Gasteiger partial charge in [0.25, 0.3) is 0 Å². The van der Waals surface area contributed by atoms with E-state index < -0.39 is 11.9 Å². The van der Waals surface area contributed by atoms with Crippen molar-refractivity contribution < 1.29 is 19.1 Å². The number of pyridine rings is 1. The molecule has 0 saturated heterocycles. The Morgan fingerprint density at radius 3 is 2.75 bits per heavy atom. The van der Waals surface area contributed by atoms with E-state index in [9.17, 15) is 9.59 Å². The SMILES string of the molecule is CCOC(=O)c1cnc(I)c(OC(C)=O)c1. The van der Waals surface area contributed by atoms with Gasteiger partial charge in [-0.1, -0.05) is 0 Å². The topological polar surface area (TPSA) is 65.5 Å². The molecule has 1 heterocycles. The van der Waals surface area contributed by atoms with Crippen LogP contribution in [-0.4, -0.2) is 23.5 Å². The Morgan fingerprint density at radius 2 is 2.19 bits per heavy atom. The van der Waals surface area contributed by atoms with Crippen LogP contribution in [0.1, 0.15) is 24.2 Å². The molecule has 0 fully saturated rings. The average molecular weight is 335 g/mol. The van der Waals surface area contributed by atoms with Crippen molar-refractivity contribution in [2.75, 3.05) is 6.61 Å². The van der Waals surface area contributed by atoms with E-state index in [2.05, 4.69) is 4.98 Å². The van der Waals surface area contributed by atoms with Gasteiger partial charge in [0.2, 0.25) is 0 Å². The van der Waals surface area contributed by atoms with Crippen molar-refractivity contribution in [2.45, 2.75) is 13.8 Å². The van der Waals surface area contributed by atoms with Crippen LogP contribution in [0.4, 0.5) is 0 Å². The van der Waals surface area contributed by atoms with Crippen LogP contribution in [0, 0.1) is 3.70 Å². The molecule has 0 aliphatic heterocycles. The molecule has 86 valence electrons. The number of esters is 2. The van der Waals surface area contributed by atoms with Gasteiger partial charge in [-0.25, -0.2) is 9.78 Å². The standard InChI is InChI=1S/C10H10INO4/c1-3-15-10(14)7-4-8(16-6(2)13)9(11)12-5-7/h4-5H,3H2,1-2H3. The summed E-state index contributed by atoms with van der Waals surface area (Å²) in [6, 6.07) is 1.44. The molecule has 1 aromatic rings. The molecular formula is C10H10INO4. The number of hydrogen-bond acceptors (Lipinski definition) is 5. The third-order valence-electron chi connectivity index (χ3n) is 1.57. The first kappa shape index (κ1) is 12.9. The lowest BCUT2D eigenvalue weighted by molar-refractivity contribution is -0.131. The monoisotopic (exact) mass is 335 g/mol. The Hall–Kier alpha value is -1.18. The van der Waals surface area contributed by atoms with E-state index in [0.717, 1.165) is 0 Å². The fourth-order valence-corrected chi connectivity index (χ4v) is 1.39. The summed E-state index contributed by atoms with van der Waals surface area (Å²) in [5, 5.41) is 0. The van der Waals surface area contributed by atoms with Crippen LogP contribution in [0.15, 0.2) is 12.3 Å². The summed E-state index contributed by atoms with van der Waals surface area (Å²) in [5.41, 5.74) is 0.263. The number of hydrogen-bond donors (Lipinski definition) is 0. The molecular weight excluding hydrogens is 325 g/mol. The van der Waals surface area contributed by atoms with Gasteiger partial charge < -0.3 is 9.47 Å². The zero-order valence-electron chi connectivity index (χ0n) is 8.82. The van der Waals surface area contributed by atoms with Gasteiger partial charge in [-0.05, 0) is 35.6 Å². The van der Waals surface area contributed by atoms with E-state index in [1.807, 2.05) is 22.6 Å². The zero-order valence-corrected chi connectivity index (χ0v) is 11.0. The lowest BCUT2D eigenvalue weighted by Gasteiger charge is -2.06. The Morgan fingerprint density at radius 1 is 1.50 bits per heavy atom. The maximum Gasteiger partial charge on any atom is 0.339 e. The molecule has 0 aliphatic rings. The maximum atomic E-state index is 11.4. The fraction of sp³-hybridized carbons (Fsp3) is 0.300. The van der Waals surface area contributed by atoms with E-state index in [1.54, 1.807) is 6.92 Å². The van der Waals surface area contributed by atoms with Crippen molar-refractivity contribution in [3.05, 3.63) is 21.5 Å². The lowest BCUT2D eigenvalue weighted by atomic mass is 10.3. The largest absolute Gasteiger partial charge is 0.462 e. The first-order valence-electron chi connectivity index (χ1n) is 4.55. The molecule has 0 bridgehead atoms. The van der Waals surface area contributed by atoms with Crippen LogP contribution >= 0.6 is 22.6 Å². The van der Waals surface area contributed by atoms with Gasteiger partial charge >= 0.3 is 11.9 Å². The minimum Gasteiger partial charge on any atom is -0.462 e. The van der Waals surface area contributed by atoms with Crippen molar-refractivity contribution in [1.82, 2.24) is 4.98 Å². The zero-order chi connectivity index (χ0) is 12.1. The van der Waals surface area contributed by atoms with Gasteiger partial charge in [0.1, 0.15) is 3.70 Å². The van der Waals surface area contributed by atoms with Crippen LogP contribution in [-0.2, 0) is 9.53 Å². The fourth-order valence-electron chi connectivity index (χ4n) is 0.980. The van der Waals surface area contributed by atoms with E-state index >= 15 is 0 Å². The van der Waals surface area contributed by atoms with Crippen molar-refractivity contribution in [2.24, 2.45) is 0 Å². The normalized spacial score (nSPS) is 9.69. The minimum absolute atomic E-state index is 0.263. The molecule has 0 unspecified atom stereocenters. The second kappa shape index (κ2) is 5.78. The Kier molecular flexibility index (Phi) is 4.66. The van der Waals surface area contributed by atoms with E-state index in [4.69, 9.17) is 9.47 Å². The smallest absolute Gasteiger partial charge is 0.339 e. The van der Waals surface area contributed by atoms with Gasteiger partial charge in [-0.15, -0.1) is 0 Å². The quantitative estimate of drug-likeness (QED) is 0.479. The molecule has 16 heavy (non-hydrogen) atoms. The second-order valence-corrected chi connectivity index (χ2v) is 3.85. The van der Waals surface area contributed by atoms with E-state index in [0.29, 0.717) is 3.70 Å². The molecule has 6 heteroatoms. The van der Waals surface area contributed by atoms with Crippen LogP contribution in [0.3, 0.4) is 0 Å². The number of ether oxygens (including phenoxy) is 2. The molecule has 0 aromatic carbocycles. The first-order valence-corrected chi connectivity index (χ1v) is 5.63. The summed E-state index contributed by atoms with van der Waals surface area (Å²) >= 11 is 1.91. The van der Waals surface area contributed by atoms with Gasteiger partial charge in [0.15, 0.2) is 5.75 Å².